The van der Waals surface area contributed by atoms with Crippen molar-refractivity contribution in [2.24, 2.45) is 5.92 Å². The van der Waals surface area contributed by atoms with Crippen LogP contribution in [0.5, 0.6) is 0 Å². The lowest BCUT2D eigenvalue weighted by Gasteiger charge is -2.30. The predicted octanol–water partition coefficient (Wildman–Crippen LogP) is 2.24. The second-order valence-electron chi connectivity index (χ2n) is 7.30. The smallest absolute Gasteiger partial charge is 0.241 e. The highest BCUT2D eigenvalue weighted by Gasteiger charge is 2.26. The second-order valence-corrected chi connectivity index (χ2v) is 10.4. The van der Waals surface area contributed by atoms with Crippen molar-refractivity contribution >= 4 is 44.1 Å². The van der Waals surface area contributed by atoms with Gasteiger partial charge in [0, 0.05) is 19.1 Å². The van der Waals surface area contributed by atoms with Crippen LogP contribution in [0.2, 0.25) is 0 Å². The van der Waals surface area contributed by atoms with Crippen LogP contribution >= 0.6 is 22.6 Å². The minimum atomic E-state index is -3.13. The van der Waals surface area contributed by atoms with Gasteiger partial charge in [0.25, 0.3) is 0 Å². The fourth-order valence-corrected chi connectivity index (χ4v) is 5.01. The number of hydrogen-bond donors (Lipinski definition) is 1. The highest BCUT2D eigenvalue weighted by molar-refractivity contribution is 14.1. The van der Waals surface area contributed by atoms with Gasteiger partial charge < -0.3 is 5.32 Å². The third kappa shape index (κ3) is 4.35. The van der Waals surface area contributed by atoms with Crippen LogP contribution in [0, 0.1) is 20.8 Å². The molecule has 0 aliphatic carbocycles. The van der Waals surface area contributed by atoms with E-state index in [2.05, 4.69) is 57.9 Å². The Balaban J connectivity index is 1.84. The van der Waals surface area contributed by atoms with Crippen molar-refractivity contribution in [1.29, 1.82) is 5.26 Å². The summed E-state index contributed by atoms with van der Waals surface area (Å²) in [6.07, 6.45) is 5.16. The number of sulfonamides is 1. The Hall–Kier alpha value is -1.45. The summed E-state index contributed by atoms with van der Waals surface area (Å²) in [5, 5.41) is 17.5. The van der Waals surface area contributed by atoms with Crippen molar-refractivity contribution in [3.05, 3.63) is 21.0 Å². The van der Waals surface area contributed by atoms with E-state index in [9.17, 15) is 13.7 Å². The normalized spacial score (nSPS) is 16.7. The van der Waals surface area contributed by atoms with Crippen LogP contribution in [0.15, 0.2) is 6.20 Å². The zero-order chi connectivity index (χ0) is 19.8. The lowest BCUT2D eigenvalue weighted by atomic mass is 10.1. The van der Waals surface area contributed by atoms with E-state index in [0.29, 0.717) is 43.4 Å². The monoisotopic (exact) mass is 502 g/mol. The van der Waals surface area contributed by atoms with E-state index >= 15 is 0 Å². The molecule has 10 heteroatoms. The molecular weight excluding hydrogens is 479 g/mol. The minimum Gasteiger partial charge on any atom is -0.350 e. The zero-order valence-electron chi connectivity index (χ0n) is 15.6. The average molecular weight is 502 g/mol. The first-order chi connectivity index (χ1) is 12.7. The Labute approximate surface area is 173 Å². The summed E-state index contributed by atoms with van der Waals surface area (Å²) >= 11 is 2.18. The number of halogens is 1. The summed E-state index contributed by atoms with van der Waals surface area (Å²) in [4.78, 5) is 4.41. The predicted molar refractivity (Wildman–Crippen MR) is 112 cm³/mol. The molecule has 1 fully saturated rings. The Morgan fingerprint density at radius 1 is 1.41 bits per heavy atom. The molecule has 1 N–H and O–H groups in total. The molecule has 0 unspecified atom stereocenters. The van der Waals surface area contributed by atoms with Gasteiger partial charge in [-0.25, -0.2) is 22.2 Å². The summed E-state index contributed by atoms with van der Waals surface area (Å²) in [5.41, 5.74) is 2.40. The van der Waals surface area contributed by atoms with Gasteiger partial charge in [-0.15, -0.1) is 5.10 Å². The van der Waals surface area contributed by atoms with Gasteiger partial charge in [-0.1, -0.05) is 13.8 Å². The molecule has 1 aliphatic heterocycles. The van der Waals surface area contributed by atoms with Crippen LogP contribution in [-0.4, -0.2) is 52.7 Å². The Morgan fingerprint density at radius 3 is 2.63 bits per heavy atom. The standard InChI is InChI=1S/C17H23IN6O2S/c1-11(2)8-14-13(9-19)16(18)15-10-20-17(22-24(14)15)21-12-4-6-23(7-5-12)27(3,25)26/h10-12H,4-8H2,1-3H3,(H,21,22). The van der Waals surface area contributed by atoms with Gasteiger partial charge in [0.05, 0.1) is 32.8 Å². The highest BCUT2D eigenvalue weighted by Crippen LogP contribution is 2.26. The van der Waals surface area contributed by atoms with Crippen LogP contribution in [0.3, 0.4) is 0 Å². The van der Waals surface area contributed by atoms with Crippen LogP contribution in [0.25, 0.3) is 5.52 Å². The number of aromatic nitrogens is 3. The van der Waals surface area contributed by atoms with E-state index in [-0.39, 0.29) is 6.04 Å². The lowest BCUT2D eigenvalue weighted by Crippen LogP contribution is -2.42. The number of nitrogens with zero attached hydrogens (tertiary/aromatic N) is 5. The molecule has 2 aromatic rings. The van der Waals surface area contributed by atoms with Crippen molar-refractivity contribution in [2.75, 3.05) is 24.7 Å². The molecule has 0 atom stereocenters. The number of nitrogens with one attached hydrogen (secondary N) is 1. The van der Waals surface area contributed by atoms with Crippen molar-refractivity contribution in [1.82, 2.24) is 18.9 Å². The molecule has 3 heterocycles. The van der Waals surface area contributed by atoms with Gasteiger partial charge in [-0.2, -0.15) is 5.26 Å². The van der Waals surface area contributed by atoms with Gasteiger partial charge in [0.2, 0.25) is 16.0 Å². The van der Waals surface area contributed by atoms with Gasteiger partial charge in [0.15, 0.2) is 0 Å². The minimum absolute atomic E-state index is 0.124. The molecule has 1 aliphatic rings. The largest absolute Gasteiger partial charge is 0.350 e. The Kier molecular flexibility index (Phi) is 5.93. The number of piperidine rings is 1. The van der Waals surface area contributed by atoms with Crippen molar-refractivity contribution in [3.63, 3.8) is 0 Å². The molecule has 8 nitrogen and oxygen atoms in total. The fraction of sp³-hybridized carbons (Fsp3) is 0.588. The van der Waals surface area contributed by atoms with Crippen molar-refractivity contribution in [2.45, 2.75) is 39.2 Å². The summed E-state index contributed by atoms with van der Waals surface area (Å²) in [5.74, 6) is 0.902. The Morgan fingerprint density at radius 2 is 2.07 bits per heavy atom. The number of rotatable bonds is 5. The lowest BCUT2D eigenvalue weighted by molar-refractivity contribution is 0.331. The van der Waals surface area contributed by atoms with Gasteiger partial charge in [-0.05, 0) is 47.8 Å². The summed E-state index contributed by atoms with van der Waals surface area (Å²) in [7, 11) is -3.13. The van der Waals surface area contributed by atoms with Gasteiger partial charge in [-0.3, -0.25) is 0 Å². The fourth-order valence-electron chi connectivity index (χ4n) is 3.34. The molecule has 0 aromatic carbocycles. The molecule has 146 valence electrons. The number of nitriles is 1. The van der Waals surface area contributed by atoms with Crippen LogP contribution in [0.1, 0.15) is 37.9 Å². The third-order valence-corrected chi connectivity index (χ3v) is 7.09. The molecule has 0 saturated carbocycles. The van der Waals surface area contributed by atoms with E-state index in [1.54, 1.807) is 6.20 Å². The van der Waals surface area contributed by atoms with E-state index in [0.717, 1.165) is 21.2 Å². The summed E-state index contributed by atoms with van der Waals surface area (Å²) < 4.78 is 27.5. The highest BCUT2D eigenvalue weighted by atomic mass is 127. The van der Waals surface area contributed by atoms with E-state index in [1.807, 2.05) is 4.52 Å². The van der Waals surface area contributed by atoms with Crippen molar-refractivity contribution in [3.8, 4) is 6.07 Å². The number of fused-ring (bicyclic) bond motifs is 1. The van der Waals surface area contributed by atoms with Crippen molar-refractivity contribution < 1.29 is 8.42 Å². The first-order valence-corrected chi connectivity index (χ1v) is 11.8. The average Bonchev–Trinajstić information content (AvgIpc) is 2.85. The molecular formula is C17H23IN6O2S. The molecule has 1 saturated heterocycles. The van der Waals surface area contributed by atoms with Crippen LogP contribution in [-0.2, 0) is 16.4 Å². The molecule has 0 bridgehead atoms. The molecule has 0 amide bonds. The molecule has 27 heavy (non-hydrogen) atoms. The van der Waals surface area contributed by atoms with E-state index in [1.165, 1.54) is 10.6 Å². The first kappa shape index (κ1) is 20.3. The number of hydrogen-bond acceptors (Lipinski definition) is 6. The van der Waals surface area contributed by atoms with Crippen LogP contribution in [0.4, 0.5) is 5.95 Å². The molecule has 0 spiro atoms. The number of anilines is 1. The SMILES string of the molecule is CC(C)Cc1c(C#N)c(I)c2cnc(NC3CCN(S(C)(=O)=O)CC3)nn12. The molecule has 0 radical (unpaired) electrons. The Bertz CT molecular complexity index is 987. The third-order valence-electron chi connectivity index (χ3n) is 4.69. The van der Waals surface area contributed by atoms with Gasteiger partial charge >= 0.3 is 0 Å². The zero-order valence-corrected chi connectivity index (χ0v) is 18.6. The van der Waals surface area contributed by atoms with E-state index < -0.39 is 10.0 Å². The summed E-state index contributed by atoms with van der Waals surface area (Å²) in [6, 6.07) is 2.42. The maximum absolute atomic E-state index is 11.6. The van der Waals surface area contributed by atoms with Crippen LogP contribution < -0.4 is 5.32 Å². The maximum Gasteiger partial charge on any atom is 0.241 e. The van der Waals surface area contributed by atoms with E-state index in [4.69, 9.17) is 0 Å². The summed E-state index contributed by atoms with van der Waals surface area (Å²) in [6.45, 7) is 5.22. The second kappa shape index (κ2) is 7.89. The maximum atomic E-state index is 11.6. The topological polar surface area (TPSA) is 103 Å². The van der Waals surface area contributed by atoms with Gasteiger partial charge in [0.1, 0.15) is 6.07 Å². The molecule has 2 aromatic heterocycles. The molecule has 3 rings (SSSR count). The first-order valence-electron chi connectivity index (χ1n) is 8.88. The quantitative estimate of drug-likeness (QED) is 0.630.